The molecule has 0 aliphatic carbocycles. The first kappa shape index (κ1) is 25.9. The molecule has 1 atom stereocenters. The summed E-state index contributed by atoms with van der Waals surface area (Å²) in [5, 5.41) is 2.82. The third-order valence-electron chi connectivity index (χ3n) is 5.65. The lowest BCUT2D eigenvalue weighted by molar-refractivity contribution is -0.140. The summed E-state index contributed by atoms with van der Waals surface area (Å²) in [7, 11) is -3.92. The number of carbonyl (C=O) groups is 3. The van der Waals surface area contributed by atoms with Crippen LogP contribution in [-0.4, -0.2) is 54.5 Å². The molecule has 2 aromatic carbocycles. The molecule has 1 unspecified atom stereocenters. The maximum absolute atomic E-state index is 13.2. The molecule has 1 aliphatic heterocycles. The van der Waals surface area contributed by atoms with Crippen LogP contribution in [0, 0.1) is 0 Å². The summed E-state index contributed by atoms with van der Waals surface area (Å²) in [5.74, 6) is -1.12. The monoisotopic (exact) mass is 549 g/mol. The zero-order valence-corrected chi connectivity index (χ0v) is 21.6. The smallest absolute Gasteiger partial charge is 0.269 e. The molecule has 1 heterocycles. The molecule has 0 saturated carbocycles. The van der Waals surface area contributed by atoms with Crippen molar-refractivity contribution in [3.63, 3.8) is 0 Å². The molecular formula is C24H28BrN3O5S. The Morgan fingerprint density at radius 1 is 1.12 bits per heavy atom. The number of benzene rings is 2. The molecule has 0 bridgehead atoms. The molecule has 3 amide bonds. The lowest BCUT2D eigenvalue weighted by atomic mass is 10.1. The number of hydrogen-bond acceptors (Lipinski definition) is 5. The molecule has 1 N–H and O–H groups in total. The lowest BCUT2D eigenvalue weighted by Crippen LogP contribution is -2.47. The molecule has 0 saturated heterocycles. The van der Waals surface area contributed by atoms with Crippen molar-refractivity contribution in [2.45, 2.75) is 50.6 Å². The number of nitrogens with one attached hydrogen (secondary N) is 1. The fourth-order valence-electron chi connectivity index (χ4n) is 3.73. The standard InChI is InChI=1S/C24H28BrN3O5S/c1-3-14-26-23(30)17(2)27(16-18-10-12-19(25)13-11-18)22(29)9-6-15-28-24(31)20-7-4-5-8-21(20)34(28,32)33/h4-5,7-8,10-13,17H,3,6,9,14-16H2,1-2H3,(H,26,30). The van der Waals surface area contributed by atoms with Gasteiger partial charge in [0.1, 0.15) is 10.9 Å². The number of sulfonamides is 1. The average molecular weight is 550 g/mol. The second-order valence-electron chi connectivity index (χ2n) is 8.10. The van der Waals surface area contributed by atoms with E-state index in [0.717, 1.165) is 20.8 Å². The summed E-state index contributed by atoms with van der Waals surface area (Å²) in [6.07, 6.45) is 0.926. The third kappa shape index (κ3) is 5.67. The summed E-state index contributed by atoms with van der Waals surface area (Å²) in [5.41, 5.74) is 1.01. The molecule has 3 rings (SSSR count). The van der Waals surface area contributed by atoms with E-state index in [-0.39, 0.29) is 48.2 Å². The number of halogens is 1. The largest absolute Gasteiger partial charge is 0.354 e. The van der Waals surface area contributed by atoms with Gasteiger partial charge >= 0.3 is 0 Å². The number of rotatable bonds is 10. The van der Waals surface area contributed by atoms with Crippen molar-refractivity contribution < 1.29 is 22.8 Å². The maximum atomic E-state index is 13.2. The van der Waals surface area contributed by atoms with Crippen molar-refractivity contribution in [2.24, 2.45) is 0 Å². The van der Waals surface area contributed by atoms with Crippen LogP contribution in [0.4, 0.5) is 0 Å². The zero-order chi connectivity index (χ0) is 24.9. The van der Waals surface area contributed by atoms with Crippen molar-refractivity contribution in [3.8, 4) is 0 Å². The molecule has 8 nitrogen and oxygen atoms in total. The van der Waals surface area contributed by atoms with Gasteiger partial charge in [0.15, 0.2) is 0 Å². The quantitative estimate of drug-likeness (QED) is 0.489. The summed E-state index contributed by atoms with van der Waals surface area (Å²) < 4.78 is 27.2. The molecule has 10 heteroatoms. The molecule has 182 valence electrons. The Bertz CT molecular complexity index is 1170. The number of nitrogens with zero attached hydrogens (tertiary/aromatic N) is 2. The van der Waals surface area contributed by atoms with Crippen LogP contribution in [0.3, 0.4) is 0 Å². The van der Waals surface area contributed by atoms with Crippen LogP contribution < -0.4 is 5.32 Å². The van der Waals surface area contributed by atoms with Crippen molar-refractivity contribution in [1.29, 1.82) is 0 Å². The summed E-state index contributed by atoms with van der Waals surface area (Å²) >= 11 is 3.39. The van der Waals surface area contributed by atoms with E-state index in [2.05, 4.69) is 21.2 Å². The highest BCUT2D eigenvalue weighted by Gasteiger charge is 2.40. The number of amides is 3. The molecule has 0 radical (unpaired) electrons. The fraction of sp³-hybridized carbons (Fsp3) is 0.375. The normalized spacial score (nSPS) is 15.0. The van der Waals surface area contributed by atoms with Crippen molar-refractivity contribution in [1.82, 2.24) is 14.5 Å². The zero-order valence-electron chi connectivity index (χ0n) is 19.2. The minimum absolute atomic E-state index is 0.00241. The summed E-state index contributed by atoms with van der Waals surface area (Å²) in [4.78, 5) is 39.8. The molecule has 0 spiro atoms. The molecule has 0 aromatic heterocycles. The highest BCUT2D eigenvalue weighted by molar-refractivity contribution is 9.10. The van der Waals surface area contributed by atoms with Crippen LogP contribution in [0.15, 0.2) is 57.9 Å². The predicted molar refractivity (Wildman–Crippen MR) is 131 cm³/mol. The second kappa shape index (κ2) is 11.1. The predicted octanol–water partition coefficient (Wildman–Crippen LogP) is 3.32. The van der Waals surface area contributed by atoms with Gasteiger partial charge in [0.2, 0.25) is 11.8 Å². The van der Waals surface area contributed by atoms with E-state index in [0.29, 0.717) is 6.54 Å². The minimum atomic E-state index is -3.92. The third-order valence-corrected chi connectivity index (χ3v) is 8.02. The maximum Gasteiger partial charge on any atom is 0.269 e. The van der Waals surface area contributed by atoms with Crippen LogP contribution in [-0.2, 0) is 26.2 Å². The van der Waals surface area contributed by atoms with Crippen LogP contribution in [0.5, 0.6) is 0 Å². The van der Waals surface area contributed by atoms with Crippen molar-refractivity contribution in [3.05, 3.63) is 64.1 Å². The fourth-order valence-corrected chi connectivity index (χ4v) is 5.61. The van der Waals surface area contributed by atoms with Gasteiger partial charge in [-0.25, -0.2) is 12.7 Å². The first-order valence-electron chi connectivity index (χ1n) is 11.1. The van der Waals surface area contributed by atoms with Crippen molar-refractivity contribution in [2.75, 3.05) is 13.1 Å². The van der Waals surface area contributed by atoms with Gasteiger partial charge in [0.05, 0.1) is 5.56 Å². The van der Waals surface area contributed by atoms with Crippen LogP contribution in [0.25, 0.3) is 0 Å². The number of carbonyl (C=O) groups excluding carboxylic acids is 3. The van der Waals surface area contributed by atoms with E-state index in [4.69, 9.17) is 0 Å². The summed E-state index contributed by atoms with van der Waals surface area (Å²) in [6.45, 7) is 4.26. The van der Waals surface area contributed by atoms with Gasteiger partial charge in [-0.3, -0.25) is 14.4 Å². The van der Waals surface area contributed by atoms with E-state index in [1.165, 1.54) is 17.0 Å². The molecule has 1 aliphatic rings. The lowest BCUT2D eigenvalue weighted by Gasteiger charge is -2.29. The van der Waals surface area contributed by atoms with E-state index in [9.17, 15) is 22.8 Å². The highest BCUT2D eigenvalue weighted by atomic mass is 79.9. The Morgan fingerprint density at radius 2 is 1.79 bits per heavy atom. The number of fused-ring (bicyclic) bond motifs is 1. The van der Waals surface area contributed by atoms with Gasteiger partial charge in [-0.1, -0.05) is 47.1 Å². The van der Waals surface area contributed by atoms with Gasteiger partial charge in [-0.2, -0.15) is 0 Å². The number of hydrogen-bond donors (Lipinski definition) is 1. The van der Waals surface area contributed by atoms with Crippen LogP contribution >= 0.6 is 15.9 Å². The van der Waals surface area contributed by atoms with Gasteiger partial charge in [0, 0.05) is 30.5 Å². The topological polar surface area (TPSA) is 104 Å². The first-order chi connectivity index (χ1) is 16.2. The Balaban J connectivity index is 1.69. The van der Waals surface area contributed by atoms with Crippen molar-refractivity contribution >= 4 is 43.7 Å². The van der Waals surface area contributed by atoms with Crippen LogP contribution in [0.1, 0.15) is 49.0 Å². The molecule has 0 fully saturated rings. The van der Waals surface area contributed by atoms with Gasteiger partial charge in [-0.15, -0.1) is 0 Å². The SMILES string of the molecule is CCCNC(=O)C(C)N(Cc1ccc(Br)cc1)C(=O)CCCN1C(=O)c2ccccc2S1(=O)=O. The Hall–Kier alpha value is -2.72. The summed E-state index contributed by atoms with van der Waals surface area (Å²) in [6, 6.07) is 12.8. The average Bonchev–Trinajstić information content (AvgIpc) is 3.02. The minimum Gasteiger partial charge on any atom is -0.354 e. The van der Waals surface area contributed by atoms with E-state index in [1.54, 1.807) is 19.1 Å². The van der Waals surface area contributed by atoms with Gasteiger partial charge < -0.3 is 10.2 Å². The second-order valence-corrected chi connectivity index (χ2v) is 10.8. The Morgan fingerprint density at radius 3 is 2.44 bits per heavy atom. The van der Waals surface area contributed by atoms with Gasteiger partial charge in [0.25, 0.3) is 15.9 Å². The first-order valence-corrected chi connectivity index (χ1v) is 13.4. The van der Waals surface area contributed by atoms with E-state index >= 15 is 0 Å². The van der Waals surface area contributed by atoms with E-state index < -0.39 is 22.0 Å². The molecule has 2 aromatic rings. The highest BCUT2D eigenvalue weighted by Crippen LogP contribution is 2.30. The Labute approximate surface area is 208 Å². The Kier molecular flexibility index (Phi) is 8.48. The molecule has 34 heavy (non-hydrogen) atoms. The van der Waals surface area contributed by atoms with Crippen LogP contribution in [0.2, 0.25) is 0 Å². The van der Waals surface area contributed by atoms with Gasteiger partial charge in [-0.05, 0) is 49.6 Å². The molecular weight excluding hydrogens is 522 g/mol. The van der Waals surface area contributed by atoms with E-state index in [1.807, 2.05) is 31.2 Å².